The van der Waals surface area contributed by atoms with Crippen molar-refractivity contribution >= 4 is 17.4 Å². The van der Waals surface area contributed by atoms with Crippen LogP contribution in [0.3, 0.4) is 0 Å². The maximum Gasteiger partial charge on any atom is 0.319 e. The highest BCUT2D eigenvalue weighted by molar-refractivity contribution is 5.90. The lowest BCUT2D eigenvalue weighted by Gasteiger charge is -2.24. The molecule has 2 aromatic rings. The van der Waals surface area contributed by atoms with Gasteiger partial charge in [0.05, 0.1) is 0 Å². The van der Waals surface area contributed by atoms with E-state index < -0.39 is 0 Å². The number of likely N-dealkylation sites (N-methyl/N-ethyl adjacent to an activating group) is 1. The number of nitrogens with zero attached hydrogens (tertiary/aromatic N) is 1. The van der Waals surface area contributed by atoms with E-state index in [0.717, 1.165) is 24.3 Å². The highest BCUT2D eigenvalue weighted by Crippen LogP contribution is 2.29. The molecule has 140 valence electrons. The first-order valence-corrected chi connectivity index (χ1v) is 9.27. The number of hydrogen-bond donors (Lipinski definition) is 2. The minimum atomic E-state index is -0.165. The second-order valence-corrected chi connectivity index (χ2v) is 7.60. The molecule has 0 heterocycles. The van der Waals surface area contributed by atoms with Crippen molar-refractivity contribution in [2.75, 3.05) is 29.9 Å². The second kappa shape index (κ2) is 8.75. The average molecular weight is 354 g/mol. The summed E-state index contributed by atoms with van der Waals surface area (Å²) >= 11 is 0. The number of carbonyl (C=O) groups excluding carboxylic acids is 1. The lowest BCUT2D eigenvalue weighted by Crippen LogP contribution is -2.37. The van der Waals surface area contributed by atoms with Gasteiger partial charge in [0.25, 0.3) is 0 Å². The number of rotatable bonds is 6. The quantitative estimate of drug-likeness (QED) is 0.772. The number of hydrogen-bond acceptors (Lipinski definition) is 2. The smallest absolute Gasteiger partial charge is 0.319 e. The van der Waals surface area contributed by atoms with E-state index in [1.165, 1.54) is 11.3 Å². The van der Waals surface area contributed by atoms with Gasteiger partial charge < -0.3 is 15.5 Å². The van der Waals surface area contributed by atoms with Crippen molar-refractivity contribution in [2.24, 2.45) is 0 Å². The van der Waals surface area contributed by atoms with Crippen molar-refractivity contribution in [1.82, 2.24) is 5.32 Å². The summed E-state index contributed by atoms with van der Waals surface area (Å²) in [6.07, 6.45) is 0. The van der Waals surface area contributed by atoms with Crippen LogP contribution in [0, 0.1) is 6.92 Å². The Labute approximate surface area is 157 Å². The van der Waals surface area contributed by atoms with E-state index in [2.05, 4.69) is 80.5 Å². The summed E-state index contributed by atoms with van der Waals surface area (Å²) in [5.74, 6) is 0. The van der Waals surface area contributed by atoms with Gasteiger partial charge in [-0.15, -0.1) is 0 Å². The van der Waals surface area contributed by atoms with Gasteiger partial charge in [-0.25, -0.2) is 4.79 Å². The Hall–Kier alpha value is -2.49. The minimum Gasteiger partial charge on any atom is -0.370 e. The largest absolute Gasteiger partial charge is 0.370 e. The maximum atomic E-state index is 12.3. The molecule has 0 fully saturated rings. The van der Waals surface area contributed by atoms with E-state index in [0.29, 0.717) is 6.54 Å². The topological polar surface area (TPSA) is 44.4 Å². The summed E-state index contributed by atoms with van der Waals surface area (Å²) < 4.78 is 0. The first kappa shape index (κ1) is 19.8. The van der Waals surface area contributed by atoms with E-state index in [1.807, 2.05) is 18.2 Å². The molecule has 4 nitrogen and oxygen atoms in total. The zero-order valence-corrected chi connectivity index (χ0v) is 16.6. The molecule has 2 aromatic carbocycles. The van der Waals surface area contributed by atoms with Gasteiger partial charge in [-0.05, 0) is 48.6 Å². The van der Waals surface area contributed by atoms with Crippen LogP contribution >= 0.6 is 0 Å². The molecule has 0 spiro atoms. The molecule has 0 aliphatic carbocycles. The number of carbonyl (C=O) groups is 1. The first-order valence-electron chi connectivity index (χ1n) is 9.27. The molecule has 26 heavy (non-hydrogen) atoms. The van der Waals surface area contributed by atoms with E-state index in [4.69, 9.17) is 0 Å². The number of urea groups is 1. The molecule has 0 bridgehead atoms. The first-order chi connectivity index (χ1) is 12.3. The van der Waals surface area contributed by atoms with Crippen LogP contribution < -0.4 is 15.5 Å². The van der Waals surface area contributed by atoms with Gasteiger partial charge in [0.1, 0.15) is 0 Å². The van der Waals surface area contributed by atoms with Crippen LogP contribution in [0.1, 0.15) is 38.8 Å². The third kappa shape index (κ3) is 5.51. The Morgan fingerprint density at radius 1 is 1.08 bits per heavy atom. The fourth-order valence-electron chi connectivity index (χ4n) is 3.01. The van der Waals surface area contributed by atoms with Crippen LogP contribution in [-0.4, -0.2) is 25.7 Å². The lowest BCUT2D eigenvalue weighted by atomic mass is 9.86. The summed E-state index contributed by atoms with van der Waals surface area (Å²) in [7, 11) is 0. The third-order valence-electron chi connectivity index (χ3n) is 4.40. The molecule has 4 heteroatoms. The van der Waals surface area contributed by atoms with E-state index >= 15 is 0 Å². The van der Waals surface area contributed by atoms with Gasteiger partial charge in [0.15, 0.2) is 0 Å². The zero-order valence-electron chi connectivity index (χ0n) is 16.6. The van der Waals surface area contributed by atoms with Gasteiger partial charge in [0.2, 0.25) is 0 Å². The number of para-hydroxylation sites is 1. The Kier molecular flexibility index (Phi) is 6.67. The monoisotopic (exact) mass is 353 g/mol. The highest BCUT2D eigenvalue weighted by atomic mass is 16.2. The Bertz CT molecular complexity index is 734. The van der Waals surface area contributed by atoms with Crippen LogP contribution in [0.4, 0.5) is 16.2 Å². The maximum absolute atomic E-state index is 12.3. The van der Waals surface area contributed by atoms with Crippen molar-refractivity contribution in [3.8, 4) is 0 Å². The van der Waals surface area contributed by atoms with E-state index in [1.54, 1.807) is 0 Å². The van der Waals surface area contributed by atoms with Crippen molar-refractivity contribution < 1.29 is 4.79 Å². The van der Waals surface area contributed by atoms with Gasteiger partial charge in [-0.2, -0.15) is 0 Å². The molecular weight excluding hydrogens is 322 g/mol. The van der Waals surface area contributed by atoms with Crippen molar-refractivity contribution in [3.63, 3.8) is 0 Å². The van der Waals surface area contributed by atoms with Crippen LogP contribution in [0.15, 0.2) is 48.5 Å². The summed E-state index contributed by atoms with van der Waals surface area (Å²) in [5, 5.41) is 5.96. The van der Waals surface area contributed by atoms with Gasteiger partial charge in [-0.3, -0.25) is 0 Å². The minimum absolute atomic E-state index is 0.0198. The summed E-state index contributed by atoms with van der Waals surface area (Å²) in [4.78, 5) is 14.6. The molecule has 0 aliphatic heterocycles. The van der Waals surface area contributed by atoms with Crippen LogP contribution in [0.25, 0.3) is 0 Å². The number of benzene rings is 2. The fourth-order valence-corrected chi connectivity index (χ4v) is 3.01. The number of anilines is 2. The number of amides is 2. The molecule has 0 atom stereocenters. The molecule has 0 aromatic heterocycles. The number of aryl methyl sites for hydroxylation is 1. The predicted octanol–water partition coefficient (Wildman–Crippen LogP) is 4.94. The standard InChI is InChI=1S/C22H31N3O/c1-6-25(18-11-9-10-17(2)16-18)15-14-23-21(26)24-20-13-8-7-12-19(20)22(3,4)5/h7-13,16H,6,14-15H2,1-5H3,(H2,23,24,26). The summed E-state index contributed by atoms with van der Waals surface area (Å²) in [6, 6.07) is 16.2. The molecule has 2 N–H and O–H groups in total. The van der Waals surface area contributed by atoms with Gasteiger partial charge in [-0.1, -0.05) is 51.1 Å². The van der Waals surface area contributed by atoms with Crippen LogP contribution in [-0.2, 0) is 5.41 Å². The Morgan fingerprint density at radius 2 is 1.81 bits per heavy atom. The van der Waals surface area contributed by atoms with Crippen LogP contribution in [0.2, 0.25) is 0 Å². The average Bonchev–Trinajstić information content (AvgIpc) is 2.58. The molecule has 0 saturated carbocycles. The Morgan fingerprint density at radius 3 is 2.46 bits per heavy atom. The van der Waals surface area contributed by atoms with Crippen molar-refractivity contribution in [1.29, 1.82) is 0 Å². The second-order valence-electron chi connectivity index (χ2n) is 7.60. The zero-order chi connectivity index (χ0) is 19.2. The van der Waals surface area contributed by atoms with E-state index in [-0.39, 0.29) is 11.4 Å². The van der Waals surface area contributed by atoms with Gasteiger partial charge in [0, 0.05) is 31.0 Å². The lowest BCUT2D eigenvalue weighted by molar-refractivity contribution is 0.252. The molecule has 0 saturated heterocycles. The normalized spacial score (nSPS) is 11.1. The van der Waals surface area contributed by atoms with E-state index in [9.17, 15) is 4.79 Å². The summed E-state index contributed by atoms with van der Waals surface area (Å²) in [6.45, 7) is 12.9. The molecule has 0 unspecified atom stereocenters. The Balaban J connectivity index is 1.91. The van der Waals surface area contributed by atoms with Gasteiger partial charge >= 0.3 is 6.03 Å². The van der Waals surface area contributed by atoms with Crippen molar-refractivity contribution in [2.45, 2.75) is 40.0 Å². The highest BCUT2D eigenvalue weighted by Gasteiger charge is 2.18. The predicted molar refractivity (Wildman–Crippen MR) is 111 cm³/mol. The molecule has 0 radical (unpaired) electrons. The SMILES string of the molecule is CCN(CCNC(=O)Nc1ccccc1C(C)(C)C)c1cccc(C)c1. The molecule has 0 aliphatic rings. The van der Waals surface area contributed by atoms with Crippen molar-refractivity contribution in [3.05, 3.63) is 59.7 Å². The number of nitrogens with one attached hydrogen (secondary N) is 2. The molecule has 2 rings (SSSR count). The molecule has 2 amide bonds. The third-order valence-corrected chi connectivity index (χ3v) is 4.40. The van der Waals surface area contributed by atoms with Crippen LogP contribution in [0.5, 0.6) is 0 Å². The fraction of sp³-hybridized carbons (Fsp3) is 0.409. The summed E-state index contributed by atoms with van der Waals surface area (Å²) in [5.41, 5.74) is 4.40. The molecular formula is C22H31N3O.